The lowest BCUT2D eigenvalue weighted by Crippen LogP contribution is -2.18. The highest BCUT2D eigenvalue weighted by molar-refractivity contribution is 7.09. The molecule has 0 aliphatic carbocycles. The number of halogens is 1. The van der Waals surface area contributed by atoms with Crippen LogP contribution in [0.25, 0.3) is 0 Å². The van der Waals surface area contributed by atoms with Crippen LogP contribution in [0.1, 0.15) is 22.8 Å². The third kappa shape index (κ3) is 3.40. The average Bonchev–Trinajstić information content (AvgIpc) is 2.88. The van der Waals surface area contributed by atoms with E-state index in [-0.39, 0.29) is 11.7 Å². The zero-order valence-electron chi connectivity index (χ0n) is 10.5. The number of nitrogens with one attached hydrogen (secondary N) is 1. The number of benzene rings is 1. The van der Waals surface area contributed by atoms with E-state index in [1.54, 1.807) is 23.5 Å². The maximum absolute atomic E-state index is 13.8. The van der Waals surface area contributed by atoms with Crippen molar-refractivity contribution in [1.82, 2.24) is 5.32 Å². The summed E-state index contributed by atoms with van der Waals surface area (Å²) in [6.07, 6.45) is 1.99. The number of hydrogen-bond acceptors (Lipinski definition) is 2. The molecule has 0 bridgehead atoms. The molecule has 1 aromatic carbocycles. The number of thiophene rings is 1. The van der Waals surface area contributed by atoms with Crippen molar-refractivity contribution in [2.45, 2.75) is 18.8 Å². The molecule has 0 fully saturated rings. The van der Waals surface area contributed by atoms with Gasteiger partial charge >= 0.3 is 0 Å². The van der Waals surface area contributed by atoms with E-state index in [4.69, 9.17) is 0 Å². The molecule has 2 rings (SSSR count). The second-order valence-corrected chi connectivity index (χ2v) is 5.43. The molecule has 0 aliphatic rings. The summed E-state index contributed by atoms with van der Waals surface area (Å²) in [5, 5.41) is 5.25. The van der Waals surface area contributed by atoms with E-state index in [0.29, 0.717) is 0 Å². The van der Waals surface area contributed by atoms with Crippen molar-refractivity contribution in [3.8, 4) is 0 Å². The molecule has 3 heteroatoms. The van der Waals surface area contributed by atoms with Crippen molar-refractivity contribution in [1.29, 1.82) is 0 Å². The highest BCUT2D eigenvalue weighted by Gasteiger charge is 2.14. The van der Waals surface area contributed by atoms with Crippen LogP contribution in [-0.4, -0.2) is 13.6 Å². The summed E-state index contributed by atoms with van der Waals surface area (Å²) in [5.74, 6) is 0.141. The van der Waals surface area contributed by atoms with Gasteiger partial charge in [0, 0.05) is 11.4 Å². The molecule has 1 nitrogen and oxygen atoms in total. The smallest absolute Gasteiger partial charge is 0.126 e. The van der Waals surface area contributed by atoms with E-state index < -0.39 is 0 Å². The van der Waals surface area contributed by atoms with Gasteiger partial charge in [0.1, 0.15) is 5.82 Å². The Labute approximate surface area is 112 Å². The largest absolute Gasteiger partial charge is 0.319 e. The van der Waals surface area contributed by atoms with Gasteiger partial charge in [0.2, 0.25) is 0 Å². The summed E-state index contributed by atoms with van der Waals surface area (Å²) in [7, 11) is 1.92. The van der Waals surface area contributed by atoms with Gasteiger partial charge in [0.05, 0.1) is 0 Å². The predicted molar refractivity (Wildman–Crippen MR) is 75.7 cm³/mol. The van der Waals surface area contributed by atoms with Crippen LogP contribution in [0.2, 0.25) is 0 Å². The van der Waals surface area contributed by atoms with Crippen molar-refractivity contribution in [2.75, 3.05) is 13.6 Å². The lowest BCUT2D eigenvalue weighted by atomic mass is 9.93. The first-order valence-corrected chi connectivity index (χ1v) is 7.10. The summed E-state index contributed by atoms with van der Waals surface area (Å²) in [5.41, 5.74) is 0.823. The summed E-state index contributed by atoms with van der Waals surface area (Å²) >= 11 is 1.77. The predicted octanol–water partition coefficient (Wildman–Crippen LogP) is 3.82. The maximum atomic E-state index is 13.8. The van der Waals surface area contributed by atoms with Crippen LogP contribution in [0.15, 0.2) is 41.8 Å². The van der Waals surface area contributed by atoms with Crippen molar-refractivity contribution in [3.63, 3.8) is 0 Å². The molecule has 0 saturated carbocycles. The molecule has 18 heavy (non-hydrogen) atoms. The highest BCUT2D eigenvalue weighted by atomic mass is 32.1. The SMILES string of the molecule is CNCC(CCc1cccs1)c1ccccc1F. The fraction of sp³-hybridized carbons (Fsp3) is 0.333. The molecule has 96 valence electrons. The summed E-state index contributed by atoms with van der Waals surface area (Å²) in [6.45, 7) is 0.812. The van der Waals surface area contributed by atoms with Crippen molar-refractivity contribution < 1.29 is 4.39 Å². The van der Waals surface area contributed by atoms with E-state index in [9.17, 15) is 4.39 Å². The van der Waals surface area contributed by atoms with Crippen LogP contribution in [0.4, 0.5) is 4.39 Å². The summed E-state index contributed by atoms with van der Waals surface area (Å²) in [6, 6.07) is 11.3. The third-order valence-corrected chi connectivity index (χ3v) is 4.05. The Morgan fingerprint density at radius 2 is 2.06 bits per heavy atom. The Hall–Kier alpha value is -1.19. The third-order valence-electron chi connectivity index (χ3n) is 3.11. The molecular formula is C15H18FNS. The van der Waals surface area contributed by atoms with Gasteiger partial charge in [-0.15, -0.1) is 11.3 Å². The molecule has 2 aromatic rings. The molecule has 1 unspecified atom stereocenters. The maximum Gasteiger partial charge on any atom is 0.126 e. The second-order valence-electron chi connectivity index (χ2n) is 4.39. The van der Waals surface area contributed by atoms with Gasteiger partial charge in [0.15, 0.2) is 0 Å². The molecule has 0 aliphatic heterocycles. The van der Waals surface area contributed by atoms with Crippen LogP contribution in [-0.2, 0) is 6.42 Å². The van der Waals surface area contributed by atoms with Crippen molar-refractivity contribution >= 4 is 11.3 Å². The van der Waals surface area contributed by atoms with Gasteiger partial charge in [-0.25, -0.2) is 4.39 Å². The normalized spacial score (nSPS) is 12.6. The molecule has 1 atom stereocenters. The van der Waals surface area contributed by atoms with Gasteiger partial charge in [-0.05, 0) is 48.9 Å². The van der Waals surface area contributed by atoms with Gasteiger partial charge in [0.25, 0.3) is 0 Å². The Bertz CT molecular complexity index is 467. The van der Waals surface area contributed by atoms with E-state index in [1.165, 1.54) is 4.88 Å². The van der Waals surface area contributed by atoms with Gasteiger partial charge in [-0.3, -0.25) is 0 Å². The van der Waals surface area contributed by atoms with Gasteiger partial charge in [-0.1, -0.05) is 24.3 Å². The molecule has 1 heterocycles. The van der Waals surface area contributed by atoms with E-state index in [1.807, 2.05) is 19.2 Å². The fourth-order valence-electron chi connectivity index (χ4n) is 2.19. The van der Waals surface area contributed by atoms with E-state index >= 15 is 0 Å². The minimum Gasteiger partial charge on any atom is -0.319 e. The van der Waals surface area contributed by atoms with Crippen LogP contribution < -0.4 is 5.32 Å². The zero-order valence-corrected chi connectivity index (χ0v) is 11.3. The van der Waals surface area contributed by atoms with E-state index in [2.05, 4.69) is 22.8 Å². The minimum absolute atomic E-state index is 0.0936. The molecule has 0 saturated heterocycles. The standard InChI is InChI=1S/C15H18FNS/c1-17-11-12(8-9-13-5-4-10-18-13)14-6-2-3-7-15(14)16/h2-7,10,12,17H,8-9,11H2,1H3. The Kier molecular flexibility index (Phi) is 4.90. The quantitative estimate of drug-likeness (QED) is 0.835. The first-order chi connectivity index (χ1) is 8.81. The summed E-state index contributed by atoms with van der Waals surface area (Å²) in [4.78, 5) is 1.37. The minimum atomic E-state index is -0.0936. The Morgan fingerprint density at radius 1 is 1.22 bits per heavy atom. The number of rotatable bonds is 6. The number of aryl methyl sites for hydroxylation is 1. The van der Waals surface area contributed by atoms with Crippen LogP contribution in [0, 0.1) is 5.82 Å². The first-order valence-electron chi connectivity index (χ1n) is 6.22. The van der Waals surface area contributed by atoms with Gasteiger partial charge in [-0.2, -0.15) is 0 Å². The average molecular weight is 263 g/mol. The van der Waals surface area contributed by atoms with Crippen molar-refractivity contribution in [3.05, 3.63) is 58.0 Å². The lowest BCUT2D eigenvalue weighted by molar-refractivity contribution is 0.536. The Morgan fingerprint density at radius 3 is 2.72 bits per heavy atom. The lowest BCUT2D eigenvalue weighted by Gasteiger charge is -2.17. The molecule has 0 radical (unpaired) electrons. The zero-order chi connectivity index (χ0) is 12.8. The molecular weight excluding hydrogens is 245 g/mol. The van der Waals surface area contributed by atoms with Crippen molar-refractivity contribution in [2.24, 2.45) is 0 Å². The molecule has 0 amide bonds. The molecule has 0 spiro atoms. The second kappa shape index (κ2) is 6.66. The van der Waals surface area contributed by atoms with Crippen LogP contribution in [0.3, 0.4) is 0 Å². The number of likely N-dealkylation sites (N-methyl/N-ethyl adjacent to an activating group) is 1. The highest BCUT2D eigenvalue weighted by Crippen LogP contribution is 2.24. The Balaban J connectivity index is 2.06. The first kappa shape index (κ1) is 13.2. The number of hydrogen-bond donors (Lipinski definition) is 1. The monoisotopic (exact) mass is 263 g/mol. The van der Waals surface area contributed by atoms with Crippen LogP contribution >= 0.6 is 11.3 Å². The summed E-state index contributed by atoms with van der Waals surface area (Å²) < 4.78 is 13.8. The topological polar surface area (TPSA) is 12.0 Å². The van der Waals surface area contributed by atoms with Gasteiger partial charge < -0.3 is 5.32 Å². The van der Waals surface area contributed by atoms with Crippen LogP contribution in [0.5, 0.6) is 0 Å². The van der Waals surface area contributed by atoms with E-state index in [0.717, 1.165) is 24.9 Å². The molecule has 1 N–H and O–H groups in total. The fourth-order valence-corrected chi connectivity index (χ4v) is 2.92. The molecule has 1 aromatic heterocycles.